The largest absolute Gasteiger partial charge is 0.469 e. The maximum atomic E-state index is 11.6. The summed E-state index contributed by atoms with van der Waals surface area (Å²) in [6.07, 6.45) is 0. The van der Waals surface area contributed by atoms with Crippen LogP contribution in [-0.2, 0) is 9.53 Å². The number of ether oxygens (including phenoxy) is 1. The number of nitriles is 1. The summed E-state index contributed by atoms with van der Waals surface area (Å²) in [5.74, 6) is -0.368. The zero-order chi connectivity index (χ0) is 13.1. The molecule has 0 aliphatic heterocycles. The van der Waals surface area contributed by atoms with Crippen LogP contribution >= 0.6 is 12.4 Å². The fraction of sp³-hybridized carbons (Fsp3) is 0.385. The number of carbonyl (C=O) groups excluding carboxylic acids is 1. The van der Waals surface area contributed by atoms with Crippen molar-refractivity contribution >= 4 is 18.4 Å². The first kappa shape index (κ1) is 16.4. The molecule has 0 aliphatic carbocycles. The minimum absolute atomic E-state index is 0. The molecular formula is C13H17ClN2O2. The molecule has 0 aliphatic rings. The lowest BCUT2D eigenvalue weighted by Gasteiger charge is -2.28. The first-order valence-electron chi connectivity index (χ1n) is 5.27. The van der Waals surface area contributed by atoms with Crippen LogP contribution in [-0.4, -0.2) is 13.1 Å². The van der Waals surface area contributed by atoms with Crippen molar-refractivity contribution in [3.05, 3.63) is 35.4 Å². The van der Waals surface area contributed by atoms with Gasteiger partial charge in [0.25, 0.3) is 0 Å². The average Bonchev–Trinajstić information content (AvgIpc) is 2.36. The number of benzene rings is 1. The van der Waals surface area contributed by atoms with Crippen LogP contribution in [0.25, 0.3) is 0 Å². The van der Waals surface area contributed by atoms with E-state index in [-0.39, 0.29) is 18.4 Å². The summed E-state index contributed by atoms with van der Waals surface area (Å²) in [5.41, 5.74) is 6.51. The zero-order valence-electron chi connectivity index (χ0n) is 10.6. The second kappa shape index (κ2) is 6.39. The summed E-state index contributed by atoms with van der Waals surface area (Å²) in [6.45, 7) is 3.45. The monoisotopic (exact) mass is 268 g/mol. The fourth-order valence-electron chi connectivity index (χ4n) is 1.61. The predicted octanol–water partition coefficient (Wildman–Crippen LogP) is 2.18. The second-order valence-corrected chi connectivity index (χ2v) is 4.43. The van der Waals surface area contributed by atoms with E-state index in [1.54, 1.807) is 38.1 Å². The molecule has 5 heteroatoms. The zero-order valence-corrected chi connectivity index (χ0v) is 11.5. The highest BCUT2D eigenvalue weighted by Crippen LogP contribution is 2.32. The number of nitrogens with zero attached hydrogens (tertiary/aromatic N) is 1. The van der Waals surface area contributed by atoms with Gasteiger partial charge in [-0.2, -0.15) is 5.26 Å². The molecule has 1 atom stereocenters. The average molecular weight is 269 g/mol. The van der Waals surface area contributed by atoms with Crippen molar-refractivity contribution in [2.75, 3.05) is 7.11 Å². The number of nitrogens with two attached hydrogens (primary N) is 1. The molecule has 2 N–H and O–H groups in total. The minimum atomic E-state index is -0.831. The van der Waals surface area contributed by atoms with E-state index in [2.05, 4.69) is 0 Å². The van der Waals surface area contributed by atoms with Gasteiger partial charge in [-0.1, -0.05) is 12.1 Å². The van der Waals surface area contributed by atoms with Crippen LogP contribution < -0.4 is 5.73 Å². The minimum Gasteiger partial charge on any atom is -0.469 e. The van der Waals surface area contributed by atoms with Crippen LogP contribution in [0.2, 0.25) is 0 Å². The van der Waals surface area contributed by atoms with E-state index in [0.29, 0.717) is 5.56 Å². The Balaban J connectivity index is 0.00000289. The van der Waals surface area contributed by atoms with Crippen molar-refractivity contribution in [3.8, 4) is 6.07 Å². The lowest BCUT2D eigenvalue weighted by atomic mass is 9.81. The third-order valence-corrected chi connectivity index (χ3v) is 2.86. The number of esters is 1. The smallest absolute Gasteiger partial charge is 0.313 e. The van der Waals surface area contributed by atoms with Crippen LogP contribution in [0, 0.1) is 16.7 Å². The van der Waals surface area contributed by atoms with Crippen molar-refractivity contribution < 1.29 is 9.53 Å². The van der Waals surface area contributed by atoms with E-state index < -0.39 is 11.5 Å². The molecule has 0 amide bonds. The lowest BCUT2D eigenvalue weighted by Crippen LogP contribution is -2.37. The molecular weight excluding hydrogens is 252 g/mol. The Kier molecular flexibility index (Phi) is 5.83. The highest BCUT2D eigenvalue weighted by Gasteiger charge is 2.36. The third-order valence-electron chi connectivity index (χ3n) is 2.86. The van der Waals surface area contributed by atoms with E-state index in [0.717, 1.165) is 5.56 Å². The van der Waals surface area contributed by atoms with Gasteiger partial charge in [0.15, 0.2) is 0 Å². The molecule has 1 aromatic rings. The number of hydrogen-bond acceptors (Lipinski definition) is 4. The maximum absolute atomic E-state index is 11.6. The highest BCUT2D eigenvalue weighted by molar-refractivity contribution is 5.85. The Morgan fingerprint density at radius 1 is 1.50 bits per heavy atom. The molecule has 1 rings (SSSR count). The Bertz CT molecular complexity index is 466. The Morgan fingerprint density at radius 3 is 2.61 bits per heavy atom. The Hall–Kier alpha value is -1.57. The van der Waals surface area contributed by atoms with Crippen molar-refractivity contribution in [1.29, 1.82) is 5.26 Å². The van der Waals surface area contributed by atoms with Gasteiger partial charge < -0.3 is 10.5 Å². The molecule has 0 heterocycles. The molecule has 0 spiro atoms. The Labute approximate surface area is 113 Å². The number of hydrogen-bond donors (Lipinski definition) is 1. The topological polar surface area (TPSA) is 76.1 Å². The van der Waals surface area contributed by atoms with Gasteiger partial charge in [-0.05, 0) is 31.5 Å². The molecule has 4 nitrogen and oxygen atoms in total. The molecule has 0 unspecified atom stereocenters. The third kappa shape index (κ3) is 3.22. The van der Waals surface area contributed by atoms with Crippen LogP contribution in [0.1, 0.15) is 31.0 Å². The van der Waals surface area contributed by atoms with Crippen molar-refractivity contribution in [1.82, 2.24) is 0 Å². The molecule has 98 valence electrons. The number of carbonyl (C=O) groups is 1. The summed E-state index contributed by atoms with van der Waals surface area (Å²) >= 11 is 0. The van der Waals surface area contributed by atoms with Crippen molar-refractivity contribution in [2.45, 2.75) is 19.9 Å². The van der Waals surface area contributed by atoms with E-state index in [1.807, 2.05) is 6.07 Å². The highest BCUT2D eigenvalue weighted by atomic mass is 35.5. The SMILES string of the molecule is COC(=O)C(C)(C)[C@H](N)c1cccc(C#N)c1.Cl. The number of halogens is 1. The van der Waals surface area contributed by atoms with E-state index in [1.165, 1.54) is 7.11 Å². The predicted molar refractivity (Wildman–Crippen MR) is 71.1 cm³/mol. The molecule has 1 aromatic carbocycles. The standard InChI is InChI=1S/C13H16N2O2.ClH/c1-13(2,12(16)17-3)11(15)10-6-4-5-9(7-10)8-14;/h4-7,11H,15H2,1-3H3;1H/t11-;/m1./s1. The van der Waals surface area contributed by atoms with Crippen LogP contribution in [0.4, 0.5) is 0 Å². The first-order chi connectivity index (χ1) is 7.93. The maximum Gasteiger partial charge on any atom is 0.313 e. The van der Waals surface area contributed by atoms with Crippen molar-refractivity contribution in [2.24, 2.45) is 11.1 Å². The van der Waals surface area contributed by atoms with Crippen LogP contribution in [0.3, 0.4) is 0 Å². The van der Waals surface area contributed by atoms with Gasteiger partial charge in [0.2, 0.25) is 0 Å². The lowest BCUT2D eigenvalue weighted by molar-refractivity contribution is -0.152. The molecule has 0 aromatic heterocycles. The summed E-state index contributed by atoms with van der Waals surface area (Å²) in [4.78, 5) is 11.6. The normalized spacial score (nSPS) is 11.9. The number of methoxy groups -OCH3 is 1. The molecule has 0 radical (unpaired) electrons. The molecule has 0 fully saturated rings. The van der Waals surface area contributed by atoms with Gasteiger partial charge in [0.1, 0.15) is 0 Å². The van der Waals surface area contributed by atoms with E-state index in [9.17, 15) is 4.79 Å². The summed E-state index contributed by atoms with van der Waals surface area (Å²) < 4.78 is 4.73. The molecule has 0 saturated carbocycles. The fourth-order valence-corrected chi connectivity index (χ4v) is 1.61. The van der Waals surface area contributed by atoms with Gasteiger partial charge in [0, 0.05) is 6.04 Å². The van der Waals surface area contributed by atoms with Gasteiger partial charge >= 0.3 is 5.97 Å². The quantitative estimate of drug-likeness (QED) is 0.853. The number of rotatable bonds is 3. The summed E-state index contributed by atoms with van der Waals surface area (Å²) in [6, 6.07) is 8.47. The molecule has 0 bridgehead atoms. The van der Waals surface area contributed by atoms with Crippen LogP contribution in [0.15, 0.2) is 24.3 Å². The first-order valence-corrected chi connectivity index (χ1v) is 5.27. The van der Waals surface area contributed by atoms with Crippen LogP contribution in [0.5, 0.6) is 0 Å². The summed E-state index contributed by atoms with van der Waals surface area (Å²) in [7, 11) is 1.34. The summed E-state index contributed by atoms with van der Waals surface area (Å²) in [5, 5.41) is 8.82. The van der Waals surface area contributed by atoms with Gasteiger partial charge in [-0.15, -0.1) is 12.4 Å². The second-order valence-electron chi connectivity index (χ2n) is 4.43. The van der Waals surface area contributed by atoms with Crippen molar-refractivity contribution in [3.63, 3.8) is 0 Å². The van der Waals surface area contributed by atoms with E-state index in [4.69, 9.17) is 15.7 Å². The van der Waals surface area contributed by atoms with Gasteiger partial charge in [-0.3, -0.25) is 4.79 Å². The van der Waals surface area contributed by atoms with Gasteiger partial charge in [0.05, 0.1) is 24.2 Å². The molecule has 0 saturated heterocycles. The molecule has 18 heavy (non-hydrogen) atoms. The Morgan fingerprint density at radius 2 is 2.11 bits per heavy atom. The van der Waals surface area contributed by atoms with Gasteiger partial charge in [-0.25, -0.2) is 0 Å². The van der Waals surface area contributed by atoms with E-state index >= 15 is 0 Å².